The lowest BCUT2D eigenvalue weighted by molar-refractivity contribution is -0.384. The van der Waals surface area contributed by atoms with Crippen LogP contribution in [0.25, 0.3) is 11.3 Å². The molecule has 4 rings (SSSR count). The Balaban J connectivity index is 1.53. The van der Waals surface area contributed by atoms with Crippen molar-refractivity contribution in [1.29, 1.82) is 0 Å². The second-order valence-electron chi connectivity index (χ2n) is 8.01. The number of nitro groups is 1. The maximum Gasteiger partial charge on any atom is 0.270 e. The molecule has 3 aromatic rings. The average molecular weight is 481 g/mol. The Morgan fingerprint density at radius 2 is 1.94 bits per heavy atom. The Hall–Kier alpha value is -3.76. The Morgan fingerprint density at radius 3 is 2.62 bits per heavy atom. The van der Waals surface area contributed by atoms with Crippen molar-refractivity contribution in [3.63, 3.8) is 0 Å². The molecular formula is C24H24N4O5S. The third-order valence-corrected chi connectivity index (χ3v) is 5.90. The zero-order valence-electron chi connectivity index (χ0n) is 18.5. The smallest absolute Gasteiger partial charge is 0.270 e. The van der Waals surface area contributed by atoms with E-state index >= 15 is 0 Å². The van der Waals surface area contributed by atoms with Crippen LogP contribution in [0.3, 0.4) is 0 Å². The number of aryl methyl sites for hydroxylation is 1. The zero-order valence-corrected chi connectivity index (χ0v) is 19.4. The molecule has 2 heterocycles. The minimum Gasteiger partial charge on any atom is -0.459 e. The van der Waals surface area contributed by atoms with Crippen LogP contribution >= 0.6 is 12.2 Å². The number of rotatable bonds is 6. The molecule has 0 bridgehead atoms. The number of carbonyl (C=O) groups is 1. The molecule has 3 N–H and O–H groups in total. The highest BCUT2D eigenvalue weighted by molar-refractivity contribution is 7.80. The Labute approximate surface area is 201 Å². The molecule has 1 saturated heterocycles. The van der Waals surface area contributed by atoms with E-state index in [2.05, 4.69) is 10.6 Å². The van der Waals surface area contributed by atoms with Gasteiger partial charge in [0.15, 0.2) is 5.11 Å². The molecule has 9 nitrogen and oxygen atoms in total. The number of non-ortho nitro benzene ring substituents is 1. The monoisotopic (exact) mass is 480 g/mol. The molecular weight excluding hydrogens is 456 g/mol. The molecule has 10 heteroatoms. The quantitative estimate of drug-likeness (QED) is 0.270. The molecule has 1 aliphatic heterocycles. The third-order valence-electron chi connectivity index (χ3n) is 5.70. The van der Waals surface area contributed by atoms with Crippen LogP contribution in [0.5, 0.6) is 0 Å². The highest BCUT2D eigenvalue weighted by atomic mass is 32.1. The van der Waals surface area contributed by atoms with Crippen LogP contribution in [0.15, 0.2) is 52.9 Å². The summed E-state index contributed by atoms with van der Waals surface area (Å²) in [5.41, 5.74) is 3.04. The Morgan fingerprint density at radius 1 is 1.18 bits per heavy atom. The maximum atomic E-state index is 13.1. The van der Waals surface area contributed by atoms with Gasteiger partial charge in [-0.2, -0.15) is 0 Å². The summed E-state index contributed by atoms with van der Waals surface area (Å²) in [4.78, 5) is 25.9. The molecule has 1 aliphatic rings. The fourth-order valence-corrected chi connectivity index (χ4v) is 4.11. The number of benzene rings is 2. The Bertz CT molecular complexity index is 1250. The summed E-state index contributed by atoms with van der Waals surface area (Å²) < 4.78 is 5.59. The van der Waals surface area contributed by atoms with Gasteiger partial charge in [0.1, 0.15) is 18.1 Å². The van der Waals surface area contributed by atoms with Gasteiger partial charge in [0.25, 0.3) is 11.6 Å². The van der Waals surface area contributed by atoms with Gasteiger partial charge in [-0.3, -0.25) is 20.2 Å². The molecule has 0 saturated carbocycles. The molecule has 0 spiro atoms. The second kappa shape index (κ2) is 10.0. The molecule has 0 radical (unpaired) electrons. The summed E-state index contributed by atoms with van der Waals surface area (Å²) >= 11 is 5.37. The Kier molecular flexibility index (Phi) is 6.90. The van der Waals surface area contributed by atoms with Crippen molar-refractivity contribution < 1.29 is 19.2 Å². The number of hydrogen-bond acceptors (Lipinski definition) is 7. The van der Waals surface area contributed by atoms with E-state index in [4.69, 9.17) is 16.6 Å². The maximum absolute atomic E-state index is 13.1. The zero-order chi connectivity index (χ0) is 24.2. The molecule has 0 atom stereocenters. The lowest BCUT2D eigenvalue weighted by Gasteiger charge is -2.21. The molecule has 2 aromatic carbocycles. The predicted molar refractivity (Wildman–Crippen MR) is 133 cm³/mol. The van der Waals surface area contributed by atoms with E-state index in [1.807, 2.05) is 30.0 Å². The van der Waals surface area contributed by atoms with Gasteiger partial charge >= 0.3 is 0 Å². The summed E-state index contributed by atoms with van der Waals surface area (Å²) in [6, 6.07) is 13.4. The van der Waals surface area contributed by atoms with Crippen LogP contribution in [0.2, 0.25) is 0 Å². The molecule has 1 fully saturated rings. The number of aliphatic hydroxyl groups excluding tert-OH is 1. The normalized spacial score (nSPS) is 13.1. The number of furan rings is 1. The first kappa shape index (κ1) is 23.4. The summed E-state index contributed by atoms with van der Waals surface area (Å²) in [6.07, 6.45) is 2.01. The van der Waals surface area contributed by atoms with Crippen LogP contribution in [0.4, 0.5) is 17.1 Å². The van der Waals surface area contributed by atoms with E-state index in [1.165, 1.54) is 12.1 Å². The molecule has 1 aromatic heterocycles. The fraction of sp³-hybridized carbons (Fsp3) is 0.250. The van der Waals surface area contributed by atoms with E-state index in [0.717, 1.165) is 37.1 Å². The first-order chi connectivity index (χ1) is 16.4. The molecule has 34 heavy (non-hydrogen) atoms. The van der Waals surface area contributed by atoms with Crippen LogP contribution in [0, 0.1) is 17.0 Å². The largest absolute Gasteiger partial charge is 0.459 e. The first-order valence-electron chi connectivity index (χ1n) is 10.8. The number of amides is 1. The van der Waals surface area contributed by atoms with Crippen LogP contribution in [-0.4, -0.2) is 34.1 Å². The van der Waals surface area contributed by atoms with E-state index in [9.17, 15) is 20.0 Å². The van der Waals surface area contributed by atoms with Crippen molar-refractivity contribution in [1.82, 2.24) is 5.32 Å². The van der Waals surface area contributed by atoms with Crippen LogP contribution < -0.4 is 15.5 Å². The number of carbonyl (C=O) groups excluding carboxylic acids is 1. The fourth-order valence-electron chi connectivity index (χ4n) is 3.91. The number of nitrogens with one attached hydrogen (secondary N) is 2. The van der Waals surface area contributed by atoms with Crippen molar-refractivity contribution in [2.75, 3.05) is 23.3 Å². The number of hydrogen-bond donors (Lipinski definition) is 3. The van der Waals surface area contributed by atoms with Crippen LogP contribution in [-0.2, 0) is 6.61 Å². The van der Waals surface area contributed by atoms with Gasteiger partial charge in [0.05, 0.1) is 16.2 Å². The third kappa shape index (κ3) is 5.08. The topological polar surface area (TPSA) is 121 Å². The van der Waals surface area contributed by atoms with Gasteiger partial charge < -0.3 is 19.7 Å². The molecule has 0 unspecified atom stereocenters. The van der Waals surface area contributed by atoms with Crippen molar-refractivity contribution in [2.45, 2.75) is 26.4 Å². The number of nitro benzene ring substituents is 1. The van der Waals surface area contributed by atoms with Crippen molar-refractivity contribution >= 4 is 40.3 Å². The second-order valence-corrected chi connectivity index (χ2v) is 8.42. The van der Waals surface area contributed by atoms with E-state index in [-0.39, 0.29) is 23.0 Å². The summed E-state index contributed by atoms with van der Waals surface area (Å²) in [5.74, 6) is 0.531. The van der Waals surface area contributed by atoms with Crippen molar-refractivity contribution in [2.24, 2.45) is 0 Å². The minimum absolute atomic E-state index is 0.0691. The number of thiocarbonyl (C=S) groups is 1. The van der Waals surface area contributed by atoms with Gasteiger partial charge in [-0.1, -0.05) is 12.1 Å². The van der Waals surface area contributed by atoms with Gasteiger partial charge in [-0.05, 0) is 61.8 Å². The van der Waals surface area contributed by atoms with Gasteiger partial charge in [-0.15, -0.1) is 0 Å². The lowest BCUT2D eigenvalue weighted by atomic mass is 10.1. The van der Waals surface area contributed by atoms with Crippen molar-refractivity contribution in [3.8, 4) is 11.3 Å². The number of anilines is 2. The number of aliphatic hydroxyl groups is 1. The van der Waals surface area contributed by atoms with Gasteiger partial charge in [-0.25, -0.2) is 0 Å². The first-order valence-corrected chi connectivity index (χ1v) is 11.2. The summed E-state index contributed by atoms with van der Waals surface area (Å²) in [7, 11) is 0. The molecule has 1 amide bonds. The predicted octanol–water partition coefficient (Wildman–Crippen LogP) is 4.38. The standard InChI is InChI=1S/C24H24N4O5S/c1-15-4-5-16(22-9-7-18(14-29)33-22)12-20(15)25-24(34)26-23(30)19-13-17(28(31)32)6-8-21(19)27-10-2-3-11-27/h4-9,12-13,29H,2-3,10-11,14H2,1H3,(H2,25,26,30,34). The van der Waals surface area contributed by atoms with E-state index < -0.39 is 10.8 Å². The lowest BCUT2D eigenvalue weighted by Crippen LogP contribution is -2.35. The van der Waals surface area contributed by atoms with Crippen molar-refractivity contribution in [3.05, 3.63) is 75.5 Å². The highest BCUT2D eigenvalue weighted by Gasteiger charge is 2.23. The average Bonchev–Trinajstić information content (AvgIpc) is 3.52. The van der Waals surface area contributed by atoms with Gasteiger partial charge in [0, 0.05) is 36.5 Å². The number of nitrogens with zero attached hydrogens (tertiary/aromatic N) is 2. The SMILES string of the molecule is Cc1ccc(-c2ccc(CO)o2)cc1NC(=S)NC(=O)c1cc([N+](=O)[O-])ccc1N1CCCC1. The summed E-state index contributed by atoms with van der Waals surface area (Å²) in [6.45, 7) is 3.28. The summed E-state index contributed by atoms with van der Waals surface area (Å²) in [5, 5.41) is 26.3. The molecule has 0 aliphatic carbocycles. The van der Waals surface area contributed by atoms with E-state index in [0.29, 0.717) is 22.9 Å². The van der Waals surface area contributed by atoms with E-state index in [1.54, 1.807) is 18.2 Å². The van der Waals surface area contributed by atoms with Gasteiger partial charge in [0.2, 0.25) is 0 Å². The van der Waals surface area contributed by atoms with Crippen LogP contribution in [0.1, 0.15) is 34.5 Å². The minimum atomic E-state index is -0.521. The highest BCUT2D eigenvalue weighted by Crippen LogP contribution is 2.29. The molecule has 176 valence electrons.